The molecule has 0 radical (unpaired) electrons. The van der Waals surface area contributed by atoms with Crippen molar-refractivity contribution < 1.29 is 119 Å². The number of carbonyl (C=O) groups excluding carboxylic acids is 10. The molecule has 1 heterocycles. The highest BCUT2D eigenvalue weighted by Gasteiger charge is 2.40. The molecule has 0 aliphatic heterocycles. The quantitative estimate of drug-likeness (QED) is 0.00808. The second-order valence-corrected chi connectivity index (χ2v) is 34.5. The van der Waals surface area contributed by atoms with Crippen molar-refractivity contribution in [3.63, 3.8) is 0 Å². The summed E-state index contributed by atoms with van der Waals surface area (Å²) in [5, 5.41) is 21.6. The van der Waals surface area contributed by atoms with Crippen molar-refractivity contribution in [1.29, 1.82) is 0 Å². The maximum absolute atomic E-state index is 14.7. The van der Waals surface area contributed by atoms with Gasteiger partial charge in [-0.1, -0.05) is 156 Å². The highest BCUT2D eigenvalue weighted by atomic mass is 32.1. The number of carbonyl (C=O) groups is 10. The van der Waals surface area contributed by atoms with Crippen LogP contribution in [0.25, 0.3) is 11.1 Å². The number of esters is 2. The Morgan fingerprint density at radius 1 is 0.556 bits per heavy atom. The van der Waals surface area contributed by atoms with Gasteiger partial charge in [0.25, 0.3) is 5.91 Å². The van der Waals surface area contributed by atoms with Gasteiger partial charge in [0.1, 0.15) is 61.7 Å². The van der Waals surface area contributed by atoms with E-state index >= 15 is 0 Å². The maximum Gasteiger partial charge on any atom is 0.407 e. The van der Waals surface area contributed by atoms with E-state index in [1.54, 1.807) is 82.4 Å². The molecule has 744 valence electrons. The number of fused-ring (bicyclic) bond motifs is 3. The van der Waals surface area contributed by atoms with E-state index in [1.165, 1.54) is 6.92 Å². The largest absolute Gasteiger partial charge is 0.487 e. The number of thiazole rings is 1. The Balaban J connectivity index is 0.885. The van der Waals surface area contributed by atoms with Crippen molar-refractivity contribution in [2.24, 2.45) is 17.8 Å². The molecule has 35 nitrogen and oxygen atoms in total. The fraction of sp³-hybridized carbons (Fsp3) is 0.566. The van der Waals surface area contributed by atoms with Crippen LogP contribution < -0.4 is 42.0 Å². The van der Waals surface area contributed by atoms with Crippen LogP contribution in [0.1, 0.15) is 156 Å². The molecule has 0 saturated heterocycles. The molecule has 0 spiro atoms. The summed E-state index contributed by atoms with van der Waals surface area (Å²) in [5.74, 6) is -5.58. The monoisotopic (exact) mass is 1900 g/mol. The number of hydrogen-bond donors (Lipinski definition) is 7. The zero-order valence-corrected chi connectivity index (χ0v) is 81.2. The van der Waals surface area contributed by atoms with Gasteiger partial charge < -0.3 is 113 Å². The Morgan fingerprint density at radius 2 is 1.10 bits per heavy atom. The Bertz CT molecular complexity index is 4480. The van der Waals surface area contributed by atoms with Crippen molar-refractivity contribution in [3.8, 4) is 16.9 Å². The summed E-state index contributed by atoms with van der Waals surface area (Å²) < 4.78 is 84.0. The van der Waals surface area contributed by atoms with Crippen LogP contribution >= 0.6 is 11.3 Å². The molecule has 36 heteroatoms. The van der Waals surface area contributed by atoms with E-state index in [0.29, 0.717) is 141 Å². The number of rotatable bonds is 70. The van der Waals surface area contributed by atoms with E-state index in [9.17, 15) is 47.9 Å². The van der Waals surface area contributed by atoms with Gasteiger partial charge in [0.05, 0.1) is 156 Å². The zero-order chi connectivity index (χ0) is 97.5. The molecule has 0 bridgehead atoms. The standard InChI is InChI=1S/C99H142N10O25S/c1-13-70(4)91(107-97(118)99(7,8)108(9)10)95(116)109(11)85(69(2)3)61-87(134-72(6)110)94-105-84(67-135-94)93(115)103-76(58-71(5)96(117)132-64-74-28-18-15-19-29-74)59-75-35-36-86(131-63-73-26-16-14-17-27-73)83(60-75)104-88(111)37-39-130-68-102-89(112)62-101-92(114)82(106-98(119)133-65-81-79-32-22-20-30-77(79)78-31-21-23-33-80(78)81)34-24-25-38-100-90(113)66-129-57-56-128-55-54-127-53-52-126-51-50-125-49-48-124-47-46-123-45-44-122-43-42-121-41-40-120-12/h14-23,26-33,35-36,60,67,69-71,76,81-82,85,87,91H,13,24-25,34,37-59,61-66,68H2,1-12H3,(H,100,113)(H,101,114)(H,102,112)(H,103,115)(H,104,111)(H,106,119)(H,107,118)/t70-,71-,76+,82-,85+,87+,91-/m0/s1. The Labute approximate surface area is 797 Å². The van der Waals surface area contributed by atoms with E-state index in [-0.39, 0.29) is 138 Å². The molecule has 1 aliphatic carbocycles. The SMILES string of the molecule is CC[C@H](C)[C@H](NC(=O)C(C)(C)N(C)C)C(=O)N(C)[C@H](C[C@@H](OC(C)=O)c1nc(C(=O)N[C@@H](Cc2ccc(OCc3ccccc3)c(NC(=O)CCOCNC(=O)CNC(=O)[C@H](CCCCNC(=O)COCCOCCOCCOCCOCCOCCOCCOCCOCCOC)NC(=O)OCC3c4ccccc4-c4ccccc43)c2)C[C@H](C)C(=O)OCc2ccccc2)cs1)C(C)C. The Morgan fingerprint density at radius 3 is 1.65 bits per heavy atom. The summed E-state index contributed by atoms with van der Waals surface area (Å²) in [6.45, 7) is 21.0. The highest BCUT2D eigenvalue weighted by molar-refractivity contribution is 7.09. The van der Waals surface area contributed by atoms with Crippen LogP contribution in [-0.2, 0) is 124 Å². The third-order valence-corrected chi connectivity index (χ3v) is 23.5. The highest BCUT2D eigenvalue weighted by Crippen LogP contribution is 2.45. The number of nitrogens with zero attached hydrogens (tertiary/aromatic N) is 3. The molecule has 6 aromatic rings. The minimum Gasteiger partial charge on any atom is -0.487 e. The van der Waals surface area contributed by atoms with E-state index in [0.717, 1.165) is 44.7 Å². The van der Waals surface area contributed by atoms with Gasteiger partial charge in [-0.15, -0.1) is 11.3 Å². The summed E-state index contributed by atoms with van der Waals surface area (Å²) in [6, 6.07) is 36.3. The number of benzene rings is 5. The van der Waals surface area contributed by atoms with Crippen molar-refractivity contribution in [3.05, 3.63) is 171 Å². The summed E-state index contributed by atoms with van der Waals surface area (Å²) in [4.78, 5) is 145. The summed E-state index contributed by atoms with van der Waals surface area (Å²) >= 11 is 1.10. The summed E-state index contributed by atoms with van der Waals surface area (Å²) in [7, 11) is 6.89. The van der Waals surface area contributed by atoms with Crippen LogP contribution in [0.15, 0.2) is 133 Å². The summed E-state index contributed by atoms with van der Waals surface area (Å²) in [6.07, 6.45) is -0.222. The Hall–Kier alpha value is -10.5. The van der Waals surface area contributed by atoms with Gasteiger partial charge >= 0.3 is 18.0 Å². The van der Waals surface area contributed by atoms with Crippen molar-refractivity contribution in [2.45, 2.75) is 162 Å². The molecule has 1 aromatic heterocycles. The smallest absolute Gasteiger partial charge is 0.407 e. The van der Waals surface area contributed by atoms with Gasteiger partial charge in [0.15, 0.2) is 6.10 Å². The van der Waals surface area contributed by atoms with Crippen LogP contribution in [0.2, 0.25) is 0 Å². The number of nitrogens with one attached hydrogen (secondary N) is 7. The third-order valence-electron chi connectivity index (χ3n) is 22.6. The average molecular weight is 1900 g/mol. The van der Waals surface area contributed by atoms with Gasteiger partial charge in [-0.05, 0) is 123 Å². The molecular weight excluding hydrogens is 1760 g/mol. The first-order chi connectivity index (χ1) is 65.2. The van der Waals surface area contributed by atoms with Gasteiger partial charge in [-0.25, -0.2) is 9.78 Å². The van der Waals surface area contributed by atoms with Crippen LogP contribution in [0.4, 0.5) is 10.5 Å². The lowest BCUT2D eigenvalue weighted by molar-refractivity contribution is -0.150. The maximum atomic E-state index is 14.7. The van der Waals surface area contributed by atoms with Crippen LogP contribution in [0, 0.1) is 17.8 Å². The van der Waals surface area contributed by atoms with E-state index in [4.69, 9.17) is 76.0 Å². The third kappa shape index (κ3) is 41.6. The average Bonchev–Trinajstić information content (AvgIpc) is 1.56. The number of aromatic nitrogens is 1. The van der Waals surface area contributed by atoms with Gasteiger partial charge in [-0.3, -0.25) is 48.1 Å². The molecule has 0 fully saturated rings. The molecule has 135 heavy (non-hydrogen) atoms. The van der Waals surface area contributed by atoms with Crippen molar-refractivity contribution in [1.82, 2.24) is 46.7 Å². The van der Waals surface area contributed by atoms with Gasteiger partial charge in [0.2, 0.25) is 35.4 Å². The predicted octanol–water partition coefficient (Wildman–Crippen LogP) is 9.71. The lowest BCUT2D eigenvalue weighted by Gasteiger charge is -2.38. The molecule has 8 amide bonds. The molecule has 7 atom stereocenters. The molecule has 5 aromatic carbocycles. The molecule has 0 unspecified atom stereocenters. The predicted molar refractivity (Wildman–Crippen MR) is 507 cm³/mol. The number of alkyl carbamates (subject to hydrolysis) is 1. The van der Waals surface area contributed by atoms with E-state index < -0.39 is 89.9 Å². The molecule has 7 N–H and O–H groups in total. The molecule has 7 rings (SSSR count). The van der Waals surface area contributed by atoms with Crippen molar-refractivity contribution >= 4 is 76.4 Å². The topological polar surface area (TPSA) is 413 Å². The normalized spacial score (nSPS) is 13.4. The second-order valence-electron chi connectivity index (χ2n) is 33.6. The number of methoxy groups -OCH3 is 1. The molecular formula is C99H142N10O25S. The lowest BCUT2D eigenvalue weighted by atomic mass is 9.92. The summed E-state index contributed by atoms with van der Waals surface area (Å²) in [5.41, 5.74) is 5.69. The number of ether oxygens (including phenoxy) is 15. The zero-order valence-electron chi connectivity index (χ0n) is 80.4. The fourth-order valence-electron chi connectivity index (χ4n) is 14.2. The minimum atomic E-state index is -1.15. The van der Waals surface area contributed by atoms with Crippen LogP contribution in [0.5, 0.6) is 5.75 Å². The minimum absolute atomic E-state index is 0.000580. The van der Waals surface area contributed by atoms with Gasteiger partial charge in [0, 0.05) is 57.4 Å². The van der Waals surface area contributed by atoms with Crippen LogP contribution in [0.3, 0.4) is 0 Å². The second kappa shape index (κ2) is 63.1. The van der Waals surface area contributed by atoms with Crippen molar-refractivity contribution in [2.75, 3.05) is 192 Å². The molecule has 1 aliphatic rings. The van der Waals surface area contributed by atoms with E-state index in [2.05, 4.69) is 37.2 Å². The Kier molecular flexibility index (Phi) is 52.1. The number of likely N-dealkylation sites (N-methyl/N-ethyl adjacent to an activating group) is 2. The number of unbranched alkanes of at least 4 members (excludes halogenated alkanes) is 1. The number of anilines is 1. The lowest BCUT2D eigenvalue weighted by Crippen LogP contribution is -2.60. The molecule has 0 saturated carbocycles. The first kappa shape index (κ1) is 112. The number of amides is 8. The first-order valence-corrected chi connectivity index (χ1v) is 47.2. The fourth-order valence-corrected chi connectivity index (χ4v) is 15.1. The first-order valence-electron chi connectivity index (χ1n) is 46.3. The number of hydrogen-bond acceptors (Lipinski definition) is 28. The van der Waals surface area contributed by atoms with Crippen LogP contribution in [-0.4, -0.2) is 291 Å². The van der Waals surface area contributed by atoms with Gasteiger partial charge in [-0.2, -0.15) is 0 Å². The van der Waals surface area contributed by atoms with E-state index in [1.807, 2.05) is 137 Å².